The van der Waals surface area contributed by atoms with Crippen molar-refractivity contribution in [1.29, 1.82) is 0 Å². The molecule has 2 heterocycles. The highest BCUT2D eigenvalue weighted by Gasteiger charge is 2.28. The second-order valence-corrected chi connectivity index (χ2v) is 5.88. The fraction of sp³-hybridized carbons (Fsp3) is 0.750. The van der Waals surface area contributed by atoms with Gasteiger partial charge in [0.1, 0.15) is 0 Å². The molecule has 1 N–H and O–H groups in total. The summed E-state index contributed by atoms with van der Waals surface area (Å²) in [6.45, 7) is 10.6. The molecular weight excluding hydrogens is 262 g/mol. The van der Waals surface area contributed by atoms with Crippen molar-refractivity contribution in [2.75, 3.05) is 26.2 Å². The standard InChI is InChI=1S/C16H29N5/c1-4-6-8-19-16(18-5-2)20-10-7-14(3)15(12-20)21-11-9-17-13-21/h9,11,13-15H,4-8,10,12H2,1-3H3,(H,18,19). The molecule has 0 radical (unpaired) electrons. The molecular formula is C16H29N5. The van der Waals surface area contributed by atoms with Crippen molar-refractivity contribution < 1.29 is 0 Å². The zero-order valence-corrected chi connectivity index (χ0v) is 13.6. The Morgan fingerprint density at radius 3 is 2.95 bits per heavy atom. The molecule has 1 saturated heterocycles. The summed E-state index contributed by atoms with van der Waals surface area (Å²) in [4.78, 5) is 11.4. The molecule has 2 unspecified atom stereocenters. The van der Waals surface area contributed by atoms with Crippen LogP contribution >= 0.6 is 0 Å². The molecule has 1 fully saturated rings. The molecule has 0 spiro atoms. The minimum atomic E-state index is 0.483. The van der Waals surface area contributed by atoms with Gasteiger partial charge in [0.25, 0.3) is 0 Å². The quantitative estimate of drug-likeness (QED) is 0.515. The number of hydrogen-bond acceptors (Lipinski definition) is 2. The number of hydrogen-bond donors (Lipinski definition) is 1. The van der Waals surface area contributed by atoms with Crippen LogP contribution in [0.15, 0.2) is 23.7 Å². The molecule has 21 heavy (non-hydrogen) atoms. The predicted octanol–water partition coefficient (Wildman–Crippen LogP) is 2.53. The van der Waals surface area contributed by atoms with Crippen LogP contribution < -0.4 is 5.32 Å². The first-order valence-corrected chi connectivity index (χ1v) is 8.27. The number of aromatic nitrogens is 2. The highest BCUT2D eigenvalue weighted by Crippen LogP contribution is 2.27. The lowest BCUT2D eigenvalue weighted by Gasteiger charge is -2.39. The topological polar surface area (TPSA) is 45.5 Å². The van der Waals surface area contributed by atoms with Gasteiger partial charge in [-0.2, -0.15) is 0 Å². The summed E-state index contributed by atoms with van der Waals surface area (Å²) in [6, 6.07) is 0.483. The van der Waals surface area contributed by atoms with Gasteiger partial charge in [-0.25, -0.2) is 4.98 Å². The summed E-state index contributed by atoms with van der Waals surface area (Å²) in [7, 11) is 0. The van der Waals surface area contributed by atoms with Crippen molar-refractivity contribution in [2.24, 2.45) is 10.9 Å². The van der Waals surface area contributed by atoms with Crippen molar-refractivity contribution in [1.82, 2.24) is 19.8 Å². The second-order valence-electron chi connectivity index (χ2n) is 5.88. The lowest BCUT2D eigenvalue weighted by Crippen LogP contribution is -2.49. The number of unbranched alkanes of at least 4 members (excludes halogenated alkanes) is 1. The number of nitrogens with zero attached hydrogens (tertiary/aromatic N) is 4. The molecule has 1 aromatic rings. The van der Waals surface area contributed by atoms with Gasteiger partial charge in [0.05, 0.1) is 12.4 Å². The number of rotatable bonds is 5. The van der Waals surface area contributed by atoms with Crippen LogP contribution in [-0.2, 0) is 0 Å². The molecule has 118 valence electrons. The summed E-state index contributed by atoms with van der Waals surface area (Å²) in [5.74, 6) is 1.75. The third-order valence-electron chi connectivity index (χ3n) is 4.23. The number of likely N-dealkylation sites (tertiary alicyclic amines) is 1. The van der Waals surface area contributed by atoms with E-state index in [-0.39, 0.29) is 0 Å². The van der Waals surface area contributed by atoms with Gasteiger partial charge in [-0.05, 0) is 25.7 Å². The Bertz CT molecular complexity index is 426. The average Bonchev–Trinajstić information content (AvgIpc) is 3.01. The van der Waals surface area contributed by atoms with E-state index in [9.17, 15) is 0 Å². The predicted molar refractivity (Wildman–Crippen MR) is 87.5 cm³/mol. The van der Waals surface area contributed by atoms with Gasteiger partial charge in [-0.15, -0.1) is 0 Å². The summed E-state index contributed by atoms with van der Waals surface area (Å²) in [6.07, 6.45) is 9.42. The fourth-order valence-electron chi connectivity index (χ4n) is 2.86. The van der Waals surface area contributed by atoms with Gasteiger partial charge in [-0.3, -0.25) is 4.99 Å². The maximum absolute atomic E-state index is 4.77. The normalized spacial score (nSPS) is 23.4. The average molecular weight is 291 g/mol. The van der Waals surface area contributed by atoms with Gasteiger partial charge in [0.2, 0.25) is 0 Å². The Labute approximate surface area is 128 Å². The van der Waals surface area contributed by atoms with E-state index in [0.29, 0.717) is 12.0 Å². The van der Waals surface area contributed by atoms with E-state index in [0.717, 1.165) is 38.6 Å². The van der Waals surface area contributed by atoms with Crippen LogP contribution in [-0.4, -0.2) is 46.6 Å². The molecule has 0 aromatic carbocycles. The first-order valence-electron chi connectivity index (χ1n) is 8.27. The molecule has 0 aliphatic carbocycles. The van der Waals surface area contributed by atoms with E-state index in [2.05, 4.69) is 46.7 Å². The Kier molecular flexibility index (Phi) is 6.08. The number of aliphatic imine (C=N–C) groups is 1. The molecule has 2 rings (SSSR count). The van der Waals surface area contributed by atoms with Crippen molar-refractivity contribution in [2.45, 2.75) is 46.1 Å². The molecule has 5 heteroatoms. The monoisotopic (exact) mass is 291 g/mol. The SMILES string of the molecule is CCCCN=C(NCC)N1CCC(C)C(n2ccnc2)C1. The van der Waals surface area contributed by atoms with Crippen molar-refractivity contribution in [3.63, 3.8) is 0 Å². The highest BCUT2D eigenvalue weighted by molar-refractivity contribution is 5.80. The van der Waals surface area contributed by atoms with Gasteiger partial charge >= 0.3 is 0 Å². The van der Waals surface area contributed by atoms with Gasteiger partial charge in [0.15, 0.2) is 5.96 Å². The highest BCUT2D eigenvalue weighted by atomic mass is 15.3. The van der Waals surface area contributed by atoms with E-state index in [4.69, 9.17) is 4.99 Å². The number of nitrogens with one attached hydrogen (secondary N) is 1. The van der Waals surface area contributed by atoms with Crippen molar-refractivity contribution in [3.8, 4) is 0 Å². The van der Waals surface area contributed by atoms with E-state index in [1.165, 1.54) is 12.8 Å². The third-order valence-corrected chi connectivity index (χ3v) is 4.23. The number of piperidine rings is 1. The van der Waals surface area contributed by atoms with Gasteiger partial charge < -0.3 is 14.8 Å². The second kappa shape index (κ2) is 8.05. The maximum Gasteiger partial charge on any atom is 0.193 e. The Hall–Kier alpha value is -1.52. The molecule has 1 aromatic heterocycles. The van der Waals surface area contributed by atoms with Crippen LogP contribution in [0.2, 0.25) is 0 Å². The fourth-order valence-corrected chi connectivity index (χ4v) is 2.86. The van der Waals surface area contributed by atoms with Crippen molar-refractivity contribution >= 4 is 5.96 Å². The van der Waals surface area contributed by atoms with E-state index in [1.54, 1.807) is 0 Å². The number of imidazole rings is 1. The first-order chi connectivity index (χ1) is 10.3. The van der Waals surface area contributed by atoms with E-state index in [1.807, 2.05) is 12.5 Å². The van der Waals surface area contributed by atoms with E-state index < -0.39 is 0 Å². The van der Waals surface area contributed by atoms with Crippen LogP contribution in [0.5, 0.6) is 0 Å². The van der Waals surface area contributed by atoms with Crippen LogP contribution in [0.1, 0.15) is 46.1 Å². The molecule has 0 amide bonds. The Morgan fingerprint density at radius 1 is 1.43 bits per heavy atom. The summed E-state index contributed by atoms with van der Waals surface area (Å²) < 4.78 is 2.24. The minimum Gasteiger partial charge on any atom is -0.357 e. The zero-order valence-electron chi connectivity index (χ0n) is 13.6. The first kappa shape index (κ1) is 15.9. The Morgan fingerprint density at radius 2 is 2.29 bits per heavy atom. The van der Waals surface area contributed by atoms with Crippen LogP contribution in [0.25, 0.3) is 0 Å². The zero-order chi connectivity index (χ0) is 15.1. The molecule has 0 bridgehead atoms. The summed E-state index contributed by atoms with van der Waals surface area (Å²) >= 11 is 0. The largest absolute Gasteiger partial charge is 0.357 e. The molecule has 5 nitrogen and oxygen atoms in total. The smallest absolute Gasteiger partial charge is 0.193 e. The summed E-state index contributed by atoms with van der Waals surface area (Å²) in [5, 5.41) is 3.44. The summed E-state index contributed by atoms with van der Waals surface area (Å²) in [5.41, 5.74) is 0. The van der Waals surface area contributed by atoms with Crippen LogP contribution in [0, 0.1) is 5.92 Å². The lowest BCUT2D eigenvalue weighted by atomic mass is 9.93. The van der Waals surface area contributed by atoms with Gasteiger partial charge in [0, 0.05) is 38.6 Å². The lowest BCUT2D eigenvalue weighted by molar-refractivity contribution is 0.189. The molecule has 2 atom stereocenters. The van der Waals surface area contributed by atoms with E-state index >= 15 is 0 Å². The van der Waals surface area contributed by atoms with Crippen molar-refractivity contribution in [3.05, 3.63) is 18.7 Å². The Balaban J connectivity index is 2.05. The van der Waals surface area contributed by atoms with Crippen LogP contribution in [0.3, 0.4) is 0 Å². The molecule has 0 saturated carbocycles. The molecule has 1 aliphatic rings. The number of guanidine groups is 1. The van der Waals surface area contributed by atoms with Crippen LogP contribution in [0.4, 0.5) is 0 Å². The third kappa shape index (κ3) is 4.22. The van der Waals surface area contributed by atoms with Gasteiger partial charge in [-0.1, -0.05) is 20.3 Å². The minimum absolute atomic E-state index is 0.483. The maximum atomic E-state index is 4.77. The molecule has 1 aliphatic heterocycles.